The molecule has 6 heteroatoms. The minimum atomic E-state index is -0.366. The first kappa shape index (κ1) is 12.8. The van der Waals surface area contributed by atoms with Crippen molar-refractivity contribution in [2.24, 2.45) is 11.5 Å². The molecule has 1 unspecified atom stereocenters. The van der Waals surface area contributed by atoms with Crippen molar-refractivity contribution in [3.63, 3.8) is 0 Å². The van der Waals surface area contributed by atoms with E-state index in [0.717, 1.165) is 25.9 Å². The minimum absolute atomic E-state index is 0.0139. The number of amides is 2. The van der Waals surface area contributed by atoms with Crippen LogP contribution < -0.4 is 11.5 Å². The summed E-state index contributed by atoms with van der Waals surface area (Å²) in [6.45, 7) is 4.82. The maximum atomic E-state index is 11.0. The lowest BCUT2D eigenvalue weighted by molar-refractivity contribution is 0.128. The maximum Gasteiger partial charge on any atom is 0.314 e. The summed E-state index contributed by atoms with van der Waals surface area (Å²) in [5, 5.41) is 7.56. The van der Waals surface area contributed by atoms with Gasteiger partial charge < -0.3 is 16.4 Å². The van der Waals surface area contributed by atoms with Gasteiger partial charge in [0, 0.05) is 26.2 Å². The third kappa shape index (κ3) is 3.10. The lowest BCUT2D eigenvalue weighted by Gasteiger charge is -2.38. The molecule has 0 aliphatic carbocycles. The van der Waals surface area contributed by atoms with Gasteiger partial charge in [-0.2, -0.15) is 0 Å². The van der Waals surface area contributed by atoms with Gasteiger partial charge in [-0.3, -0.25) is 10.3 Å². The summed E-state index contributed by atoms with van der Waals surface area (Å²) >= 11 is 0. The number of nitrogens with zero attached hydrogens (tertiary/aromatic N) is 2. The van der Waals surface area contributed by atoms with Crippen LogP contribution >= 0.6 is 0 Å². The highest BCUT2D eigenvalue weighted by Gasteiger charge is 2.26. The zero-order valence-corrected chi connectivity index (χ0v) is 9.78. The second-order valence-corrected chi connectivity index (χ2v) is 4.12. The van der Waals surface area contributed by atoms with Gasteiger partial charge in [0.2, 0.25) is 0 Å². The molecular weight excluding hydrogens is 206 g/mol. The van der Waals surface area contributed by atoms with E-state index in [1.807, 2.05) is 0 Å². The number of hydrogen-bond acceptors (Lipinski definition) is 3. The van der Waals surface area contributed by atoms with E-state index < -0.39 is 0 Å². The van der Waals surface area contributed by atoms with Crippen LogP contribution in [0.25, 0.3) is 0 Å². The van der Waals surface area contributed by atoms with Crippen LogP contribution in [0.2, 0.25) is 0 Å². The Morgan fingerprint density at radius 1 is 1.31 bits per heavy atom. The van der Waals surface area contributed by atoms with E-state index in [-0.39, 0.29) is 17.9 Å². The summed E-state index contributed by atoms with van der Waals surface area (Å²) in [6.07, 6.45) is 1.90. The number of carbonyl (C=O) groups excluding carboxylic acids is 1. The molecule has 0 bridgehead atoms. The number of nitrogens with one attached hydrogen (secondary N) is 1. The first-order valence-electron chi connectivity index (χ1n) is 5.68. The molecule has 1 heterocycles. The summed E-state index contributed by atoms with van der Waals surface area (Å²) in [6, 6.07) is -0.352. The Kier molecular flexibility index (Phi) is 4.54. The first-order valence-corrected chi connectivity index (χ1v) is 5.68. The van der Waals surface area contributed by atoms with Crippen molar-refractivity contribution >= 4 is 11.9 Å². The number of hydrogen-bond donors (Lipinski definition) is 3. The van der Waals surface area contributed by atoms with Crippen molar-refractivity contribution < 1.29 is 4.79 Å². The average Bonchev–Trinajstić information content (AvgIpc) is 2.25. The van der Waals surface area contributed by atoms with Gasteiger partial charge in [-0.25, -0.2) is 4.79 Å². The predicted molar refractivity (Wildman–Crippen MR) is 63.3 cm³/mol. The van der Waals surface area contributed by atoms with E-state index in [0.29, 0.717) is 13.1 Å². The molecule has 1 rings (SSSR count). The van der Waals surface area contributed by atoms with Crippen LogP contribution in [0.5, 0.6) is 0 Å². The highest BCUT2D eigenvalue weighted by molar-refractivity contribution is 5.82. The predicted octanol–water partition coefficient (Wildman–Crippen LogP) is -0.213. The third-order valence-corrected chi connectivity index (χ3v) is 2.99. The van der Waals surface area contributed by atoms with Gasteiger partial charge in [0.15, 0.2) is 0 Å². The minimum Gasteiger partial charge on any atom is -0.386 e. The van der Waals surface area contributed by atoms with E-state index >= 15 is 0 Å². The molecule has 6 nitrogen and oxygen atoms in total. The number of rotatable bonds is 4. The molecule has 16 heavy (non-hydrogen) atoms. The SMILES string of the molecule is CCCC(C(=N)N)N1CCN(C(N)=O)CC1. The summed E-state index contributed by atoms with van der Waals surface area (Å²) in [4.78, 5) is 14.7. The molecule has 0 aromatic carbocycles. The van der Waals surface area contributed by atoms with Gasteiger partial charge in [0.25, 0.3) is 0 Å². The summed E-state index contributed by atoms with van der Waals surface area (Å²) in [5.74, 6) is 0.217. The molecule has 5 N–H and O–H groups in total. The number of primary amides is 1. The normalized spacial score (nSPS) is 19.4. The third-order valence-electron chi connectivity index (χ3n) is 2.99. The van der Waals surface area contributed by atoms with Crippen molar-refractivity contribution in [1.29, 1.82) is 5.41 Å². The van der Waals surface area contributed by atoms with E-state index in [2.05, 4.69) is 11.8 Å². The van der Waals surface area contributed by atoms with E-state index in [1.165, 1.54) is 0 Å². The molecule has 1 atom stereocenters. The highest BCUT2D eigenvalue weighted by Crippen LogP contribution is 2.10. The maximum absolute atomic E-state index is 11.0. The Labute approximate surface area is 96.1 Å². The molecule has 1 aliphatic rings. The molecule has 0 aromatic rings. The van der Waals surface area contributed by atoms with E-state index in [9.17, 15) is 4.79 Å². The Morgan fingerprint density at radius 2 is 1.88 bits per heavy atom. The molecule has 0 aromatic heterocycles. The van der Waals surface area contributed by atoms with E-state index in [1.54, 1.807) is 4.90 Å². The smallest absolute Gasteiger partial charge is 0.314 e. The standard InChI is InChI=1S/C10H21N5O/c1-2-3-8(9(11)12)14-4-6-15(7-5-14)10(13)16/h8H,2-7H2,1H3,(H3,11,12)(H2,13,16). The first-order chi connectivity index (χ1) is 7.56. The number of amidine groups is 1. The van der Waals surface area contributed by atoms with Crippen LogP contribution in [-0.4, -0.2) is 53.9 Å². The van der Waals surface area contributed by atoms with Crippen molar-refractivity contribution in [2.75, 3.05) is 26.2 Å². The second kappa shape index (κ2) is 5.69. The van der Waals surface area contributed by atoms with Crippen LogP contribution in [0, 0.1) is 5.41 Å². The lowest BCUT2D eigenvalue weighted by atomic mass is 10.1. The quantitative estimate of drug-likeness (QED) is 0.457. The van der Waals surface area contributed by atoms with Crippen LogP contribution in [0.1, 0.15) is 19.8 Å². The zero-order valence-electron chi connectivity index (χ0n) is 9.78. The van der Waals surface area contributed by atoms with Crippen LogP contribution in [0.3, 0.4) is 0 Å². The van der Waals surface area contributed by atoms with Gasteiger partial charge in [0.1, 0.15) is 5.84 Å². The number of piperazine rings is 1. The fourth-order valence-corrected chi connectivity index (χ4v) is 2.06. The van der Waals surface area contributed by atoms with Crippen molar-refractivity contribution in [3.8, 4) is 0 Å². The second-order valence-electron chi connectivity index (χ2n) is 4.12. The van der Waals surface area contributed by atoms with Gasteiger partial charge >= 0.3 is 6.03 Å². The average molecular weight is 227 g/mol. The summed E-state index contributed by atoms with van der Waals surface area (Å²) in [5.41, 5.74) is 10.8. The molecule has 92 valence electrons. The molecule has 0 saturated carbocycles. The Balaban J connectivity index is 2.50. The number of nitrogens with two attached hydrogens (primary N) is 2. The molecule has 1 saturated heterocycles. The molecular formula is C10H21N5O. The molecule has 0 spiro atoms. The lowest BCUT2D eigenvalue weighted by Crippen LogP contribution is -2.55. The Bertz CT molecular complexity index is 260. The van der Waals surface area contributed by atoms with Crippen molar-refractivity contribution in [1.82, 2.24) is 9.80 Å². The zero-order chi connectivity index (χ0) is 12.1. The van der Waals surface area contributed by atoms with Crippen molar-refractivity contribution in [3.05, 3.63) is 0 Å². The Hall–Kier alpha value is -1.30. The molecule has 2 amide bonds. The fourth-order valence-electron chi connectivity index (χ4n) is 2.06. The van der Waals surface area contributed by atoms with Gasteiger partial charge in [-0.15, -0.1) is 0 Å². The highest BCUT2D eigenvalue weighted by atomic mass is 16.2. The number of urea groups is 1. The largest absolute Gasteiger partial charge is 0.386 e. The molecule has 1 aliphatic heterocycles. The van der Waals surface area contributed by atoms with Crippen LogP contribution in [-0.2, 0) is 0 Å². The van der Waals surface area contributed by atoms with Crippen LogP contribution in [0.15, 0.2) is 0 Å². The van der Waals surface area contributed by atoms with Gasteiger partial charge in [-0.05, 0) is 6.42 Å². The number of carbonyl (C=O) groups is 1. The Morgan fingerprint density at radius 3 is 2.25 bits per heavy atom. The summed E-state index contributed by atoms with van der Waals surface area (Å²) in [7, 11) is 0. The van der Waals surface area contributed by atoms with Crippen LogP contribution in [0.4, 0.5) is 4.79 Å². The van der Waals surface area contributed by atoms with Gasteiger partial charge in [0.05, 0.1) is 6.04 Å². The van der Waals surface area contributed by atoms with Crippen molar-refractivity contribution in [2.45, 2.75) is 25.8 Å². The fraction of sp³-hybridized carbons (Fsp3) is 0.800. The summed E-state index contributed by atoms with van der Waals surface area (Å²) < 4.78 is 0. The molecule has 1 fully saturated rings. The van der Waals surface area contributed by atoms with Gasteiger partial charge in [-0.1, -0.05) is 13.3 Å². The van der Waals surface area contributed by atoms with E-state index in [4.69, 9.17) is 16.9 Å². The molecule has 0 radical (unpaired) electrons. The topological polar surface area (TPSA) is 99.4 Å². The monoisotopic (exact) mass is 227 g/mol.